The summed E-state index contributed by atoms with van der Waals surface area (Å²) in [6.07, 6.45) is 0. The molecule has 2 fully saturated rings. The second-order valence-corrected chi connectivity index (χ2v) is 11.0. The molecule has 2 aliphatic rings. The van der Waals surface area contributed by atoms with Crippen LogP contribution in [0.4, 0.5) is 4.79 Å². The number of hydrogen-bond donors (Lipinski definition) is 4. The van der Waals surface area contributed by atoms with Gasteiger partial charge in [0.05, 0.1) is 0 Å². The Labute approximate surface area is 228 Å². The third-order valence-electron chi connectivity index (χ3n) is 5.91. The molecule has 0 radical (unpaired) electrons. The topological polar surface area (TPSA) is 203 Å². The Hall–Kier alpha value is -3.70. The number of amides is 7. The van der Waals surface area contributed by atoms with E-state index < -0.39 is 57.4 Å². The van der Waals surface area contributed by atoms with Crippen molar-refractivity contribution in [2.24, 2.45) is 0 Å². The lowest BCUT2D eigenvalue weighted by Gasteiger charge is -2.44. The molecule has 0 aliphatic carbocycles. The van der Waals surface area contributed by atoms with E-state index in [1.165, 1.54) is 24.0 Å². The zero-order chi connectivity index (χ0) is 28.9. The van der Waals surface area contributed by atoms with E-state index in [0.717, 1.165) is 11.8 Å². The van der Waals surface area contributed by atoms with Gasteiger partial charge >= 0.3 is 28.1 Å². The minimum absolute atomic E-state index is 0.0924. The highest BCUT2D eigenvalue weighted by molar-refractivity contribution is 8.00. The Kier molecular flexibility index (Phi) is 9.52. The Morgan fingerprint density at radius 2 is 1.77 bits per heavy atom. The van der Waals surface area contributed by atoms with Gasteiger partial charge in [-0.3, -0.25) is 33.4 Å². The Morgan fingerprint density at radius 1 is 1.10 bits per heavy atom. The van der Waals surface area contributed by atoms with Crippen LogP contribution in [0.15, 0.2) is 30.3 Å². The Bertz CT molecular complexity index is 1260. The van der Waals surface area contributed by atoms with Crippen LogP contribution in [0.2, 0.25) is 0 Å². The van der Waals surface area contributed by atoms with Crippen LogP contribution >= 0.6 is 11.8 Å². The van der Waals surface area contributed by atoms with Crippen molar-refractivity contribution in [3.05, 3.63) is 35.9 Å². The minimum atomic E-state index is -4.94. The van der Waals surface area contributed by atoms with Crippen LogP contribution in [0.1, 0.15) is 25.5 Å². The van der Waals surface area contributed by atoms with Gasteiger partial charge in [-0.25, -0.2) is 4.79 Å². The number of nitrogens with zero attached hydrogens (tertiary/aromatic N) is 3. The van der Waals surface area contributed by atoms with E-state index in [1.807, 2.05) is 0 Å². The highest BCUT2D eigenvalue weighted by Crippen LogP contribution is 2.32. The molecule has 3 atom stereocenters. The predicted octanol–water partition coefficient (Wildman–Crippen LogP) is -1.55. The van der Waals surface area contributed by atoms with Gasteiger partial charge in [0, 0.05) is 38.9 Å². The molecule has 39 heavy (non-hydrogen) atoms. The molecular weight excluding hydrogens is 556 g/mol. The number of nitrogens with one attached hydrogen (secondary N) is 3. The number of likely N-dealkylation sites (N-methyl/N-ethyl adjacent to an activating group) is 1. The van der Waals surface area contributed by atoms with Gasteiger partial charge in [0.2, 0.25) is 11.8 Å². The summed E-state index contributed by atoms with van der Waals surface area (Å²) in [5.74, 6) is -4.09. The molecule has 1 aromatic carbocycles. The Morgan fingerprint density at radius 3 is 2.36 bits per heavy atom. The van der Waals surface area contributed by atoms with Gasteiger partial charge in [-0.05, 0) is 12.5 Å². The number of urea groups is 1. The number of β-lactam (4-membered cyclic amide) rings is 1. The lowest BCUT2D eigenvalue weighted by Crippen LogP contribution is -2.71. The lowest BCUT2D eigenvalue weighted by molar-refractivity contribution is -0.153. The van der Waals surface area contributed by atoms with Crippen molar-refractivity contribution < 1.29 is 41.7 Å². The number of benzene rings is 1. The van der Waals surface area contributed by atoms with Crippen LogP contribution in [0.5, 0.6) is 0 Å². The molecule has 17 heteroatoms. The number of hydrogen-bond acceptors (Lipinski definition) is 9. The van der Waals surface area contributed by atoms with Crippen molar-refractivity contribution in [3.63, 3.8) is 0 Å². The first kappa shape index (κ1) is 29.9. The van der Waals surface area contributed by atoms with E-state index in [2.05, 4.69) is 16.0 Å². The zero-order valence-electron chi connectivity index (χ0n) is 21.0. The first-order valence-corrected chi connectivity index (χ1v) is 14.2. The second-order valence-electron chi connectivity index (χ2n) is 8.48. The average molecular weight is 585 g/mol. The van der Waals surface area contributed by atoms with Gasteiger partial charge in [-0.2, -0.15) is 12.7 Å². The molecule has 1 aromatic rings. The molecule has 7 amide bonds. The van der Waals surface area contributed by atoms with Crippen LogP contribution in [0.3, 0.4) is 0 Å². The summed E-state index contributed by atoms with van der Waals surface area (Å²) in [6.45, 7) is 3.42. The fourth-order valence-electron chi connectivity index (χ4n) is 3.94. The number of rotatable bonds is 10. The fourth-order valence-corrected chi connectivity index (χ4v) is 6.25. The average Bonchev–Trinajstić information content (AvgIpc) is 2.88. The molecule has 0 saturated carbocycles. The van der Waals surface area contributed by atoms with Crippen LogP contribution < -0.4 is 16.0 Å². The van der Waals surface area contributed by atoms with E-state index in [1.54, 1.807) is 25.1 Å². The molecule has 1 unspecified atom stereocenters. The van der Waals surface area contributed by atoms with E-state index in [0.29, 0.717) is 4.90 Å². The summed E-state index contributed by atoms with van der Waals surface area (Å²) < 4.78 is 33.1. The van der Waals surface area contributed by atoms with Gasteiger partial charge in [0.15, 0.2) is 0 Å². The van der Waals surface area contributed by atoms with Crippen molar-refractivity contribution in [1.29, 1.82) is 0 Å². The van der Waals surface area contributed by atoms with Crippen LogP contribution in [-0.4, -0.2) is 106 Å². The monoisotopic (exact) mass is 584 g/mol. The maximum Gasteiger partial charge on any atom is 0.363 e. The largest absolute Gasteiger partial charge is 0.363 e. The molecule has 2 aliphatic heterocycles. The van der Waals surface area contributed by atoms with Crippen molar-refractivity contribution in [3.8, 4) is 0 Å². The van der Waals surface area contributed by atoms with E-state index in [9.17, 15) is 41.7 Å². The molecule has 0 spiro atoms. The van der Waals surface area contributed by atoms with Crippen molar-refractivity contribution in [2.75, 3.05) is 31.9 Å². The van der Waals surface area contributed by atoms with E-state index in [4.69, 9.17) is 0 Å². The van der Waals surface area contributed by atoms with Gasteiger partial charge in [-0.1, -0.05) is 30.3 Å². The highest BCUT2D eigenvalue weighted by Gasteiger charge is 2.54. The summed E-state index contributed by atoms with van der Waals surface area (Å²) in [6, 6.07) is 4.04. The number of piperazine rings is 1. The lowest BCUT2D eigenvalue weighted by atomic mass is 10.0. The minimum Gasteiger partial charge on any atom is -0.356 e. The van der Waals surface area contributed by atoms with E-state index >= 15 is 0 Å². The summed E-state index contributed by atoms with van der Waals surface area (Å²) >= 11 is 0.895. The number of thioether (sulfide) groups is 1. The number of carbonyl (C=O) groups is 6. The maximum absolute atomic E-state index is 13.3. The summed E-state index contributed by atoms with van der Waals surface area (Å²) in [5.41, 5.74) is 0.280. The van der Waals surface area contributed by atoms with Crippen molar-refractivity contribution in [1.82, 2.24) is 30.1 Å². The third kappa shape index (κ3) is 6.85. The quantitative estimate of drug-likeness (QED) is 0.108. The summed E-state index contributed by atoms with van der Waals surface area (Å²) in [7, 11) is -4.94. The van der Waals surface area contributed by atoms with Gasteiger partial charge in [0.1, 0.15) is 17.5 Å². The molecule has 4 N–H and O–H groups in total. The molecule has 2 saturated heterocycles. The van der Waals surface area contributed by atoms with Crippen molar-refractivity contribution >= 4 is 57.6 Å². The third-order valence-corrected chi connectivity index (χ3v) is 8.21. The highest BCUT2D eigenvalue weighted by atomic mass is 32.2. The van der Waals surface area contributed by atoms with Gasteiger partial charge in [-0.15, -0.1) is 11.8 Å². The molecule has 212 valence electrons. The normalized spacial score (nSPS) is 20.3. The zero-order valence-corrected chi connectivity index (χ0v) is 22.7. The fraction of sp³-hybridized carbons (Fsp3) is 0.455. The van der Waals surface area contributed by atoms with E-state index in [-0.39, 0.29) is 47.7 Å². The molecule has 0 bridgehead atoms. The second kappa shape index (κ2) is 12.4. The SMILES string of the molecule is CCN1CCN(C(=O)NC(C(=O)N[C@@H]2C(=O)N(S(=O)(=O)O)[C@@H]2SCCNC(C)=O)c2ccccc2)C(=O)C1=O. The van der Waals surface area contributed by atoms with Crippen molar-refractivity contribution in [2.45, 2.75) is 31.3 Å². The molecule has 0 aromatic heterocycles. The predicted molar refractivity (Wildman–Crippen MR) is 137 cm³/mol. The van der Waals surface area contributed by atoms with Crippen LogP contribution in [0, 0.1) is 0 Å². The standard InChI is InChI=1S/C22H28N6O9S2/c1-3-26-10-11-27(20(33)19(26)32)22(34)25-15(14-7-5-4-6-8-14)17(30)24-16-18(31)28(39(35,36)37)21(16)38-12-9-23-13(2)29/h4-8,15-16,21H,3,9-12H2,1-2H3,(H,23,29)(H,24,30)(H,25,34)(H,35,36,37)/t15?,16-,21-/m1/s1. The molecule has 3 rings (SSSR count). The summed E-state index contributed by atoms with van der Waals surface area (Å²) in [5, 5.41) is 6.10. The molecular formula is C22H28N6O9S2. The first-order chi connectivity index (χ1) is 18.4. The first-order valence-electron chi connectivity index (χ1n) is 11.8. The Balaban J connectivity index is 1.78. The van der Waals surface area contributed by atoms with Gasteiger partial charge < -0.3 is 20.9 Å². The maximum atomic E-state index is 13.3. The summed E-state index contributed by atoms with van der Waals surface area (Å²) in [4.78, 5) is 76.6. The van der Waals surface area contributed by atoms with Gasteiger partial charge in [0.25, 0.3) is 5.91 Å². The smallest absolute Gasteiger partial charge is 0.356 e. The van der Waals surface area contributed by atoms with Crippen LogP contribution in [0.25, 0.3) is 0 Å². The number of carbonyl (C=O) groups excluding carboxylic acids is 6. The molecule has 2 heterocycles. The number of imide groups is 1. The molecule has 15 nitrogen and oxygen atoms in total. The van der Waals surface area contributed by atoms with Crippen LogP contribution in [-0.2, 0) is 34.3 Å².